The van der Waals surface area contributed by atoms with Gasteiger partial charge >= 0.3 is 0 Å². The van der Waals surface area contributed by atoms with Crippen molar-refractivity contribution in [1.82, 2.24) is 19.6 Å². The van der Waals surface area contributed by atoms with Gasteiger partial charge in [0.25, 0.3) is 0 Å². The van der Waals surface area contributed by atoms with Gasteiger partial charge in [-0.2, -0.15) is 0 Å². The summed E-state index contributed by atoms with van der Waals surface area (Å²) in [4.78, 5) is 9.58. The maximum atomic E-state index is 9.06. The number of aliphatic hydroxyl groups is 1. The molecule has 4 rings (SSSR count). The third-order valence-corrected chi connectivity index (χ3v) is 4.78. The number of hydrogen-bond donors (Lipinski definition) is 2. The van der Waals surface area contributed by atoms with Crippen LogP contribution in [0.15, 0.2) is 55.0 Å². The van der Waals surface area contributed by atoms with Gasteiger partial charge in [-0.1, -0.05) is 35.6 Å². The van der Waals surface area contributed by atoms with Crippen LogP contribution in [-0.2, 0) is 13.0 Å². The summed E-state index contributed by atoms with van der Waals surface area (Å²) in [5.74, 6) is 0. The van der Waals surface area contributed by atoms with Gasteiger partial charge in [0.1, 0.15) is 0 Å². The Labute approximate surface area is 148 Å². The molecule has 25 heavy (non-hydrogen) atoms. The molecule has 1 aromatic carbocycles. The highest BCUT2D eigenvalue weighted by atomic mass is 32.1. The minimum absolute atomic E-state index is 0.0818. The van der Waals surface area contributed by atoms with Gasteiger partial charge in [0.15, 0.2) is 0 Å². The van der Waals surface area contributed by atoms with Gasteiger partial charge in [-0.3, -0.25) is 4.98 Å². The van der Waals surface area contributed by atoms with Crippen LogP contribution in [0.25, 0.3) is 16.2 Å². The molecule has 3 heterocycles. The predicted molar refractivity (Wildman–Crippen MR) is 98.7 cm³/mol. The molecule has 0 saturated carbocycles. The van der Waals surface area contributed by atoms with Crippen molar-refractivity contribution in [3.05, 3.63) is 66.1 Å². The van der Waals surface area contributed by atoms with Crippen molar-refractivity contribution < 1.29 is 5.11 Å². The van der Waals surface area contributed by atoms with E-state index in [1.54, 1.807) is 16.9 Å². The highest BCUT2D eigenvalue weighted by molar-refractivity contribution is 7.20. The summed E-state index contributed by atoms with van der Waals surface area (Å²) in [5.41, 5.74) is 4.02. The number of aliphatic hydroxyl groups excluding tert-OH is 1. The molecular formula is C18H17N5OS. The number of fused-ring (bicyclic) bond motifs is 1. The lowest BCUT2D eigenvalue weighted by molar-refractivity contribution is 0.282. The van der Waals surface area contributed by atoms with E-state index in [2.05, 4.69) is 20.4 Å². The van der Waals surface area contributed by atoms with Crippen LogP contribution in [0.3, 0.4) is 0 Å². The fraction of sp³-hybridized carbons (Fsp3) is 0.167. The molecule has 0 atom stereocenters. The first-order valence-corrected chi connectivity index (χ1v) is 8.82. The highest BCUT2D eigenvalue weighted by Gasteiger charge is 2.09. The molecule has 0 spiro atoms. The zero-order chi connectivity index (χ0) is 17.1. The lowest BCUT2D eigenvalue weighted by Gasteiger charge is -2.03. The van der Waals surface area contributed by atoms with E-state index in [-0.39, 0.29) is 6.61 Å². The molecule has 7 heteroatoms. The van der Waals surface area contributed by atoms with Crippen LogP contribution in [0.2, 0.25) is 0 Å². The molecular weight excluding hydrogens is 334 g/mol. The van der Waals surface area contributed by atoms with Crippen LogP contribution in [0.1, 0.15) is 11.1 Å². The van der Waals surface area contributed by atoms with Crippen LogP contribution < -0.4 is 5.32 Å². The first-order chi connectivity index (χ1) is 12.3. The topological polar surface area (TPSA) is 75.3 Å². The Morgan fingerprint density at radius 1 is 1.12 bits per heavy atom. The minimum atomic E-state index is 0.0818. The van der Waals surface area contributed by atoms with E-state index in [9.17, 15) is 0 Å². The maximum absolute atomic E-state index is 9.06. The molecule has 3 aromatic heterocycles. The van der Waals surface area contributed by atoms with Gasteiger partial charge < -0.3 is 10.4 Å². The molecule has 0 amide bonds. The number of benzene rings is 1. The number of pyridine rings is 1. The Bertz CT molecular complexity index is 931. The summed E-state index contributed by atoms with van der Waals surface area (Å²) in [6, 6.07) is 11.9. The molecule has 4 aromatic rings. The summed E-state index contributed by atoms with van der Waals surface area (Å²) < 4.78 is 1.80. The monoisotopic (exact) mass is 351 g/mol. The fourth-order valence-electron chi connectivity index (χ4n) is 2.55. The Morgan fingerprint density at radius 2 is 1.96 bits per heavy atom. The number of imidazole rings is 1. The molecule has 0 aliphatic carbocycles. The molecule has 0 aliphatic heterocycles. The van der Waals surface area contributed by atoms with E-state index in [1.165, 1.54) is 16.9 Å². The summed E-state index contributed by atoms with van der Waals surface area (Å²) in [6.45, 7) is 0.878. The predicted octanol–water partition coefficient (Wildman–Crippen LogP) is 3.00. The first-order valence-electron chi connectivity index (χ1n) is 8.01. The van der Waals surface area contributed by atoms with Crippen LogP contribution in [0.4, 0.5) is 5.13 Å². The lowest BCUT2D eigenvalue weighted by atomic mass is 10.1. The molecule has 126 valence electrons. The molecule has 0 aliphatic rings. The number of nitrogens with one attached hydrogen (secondary N) is 1. The van der Waals surface area contributed by atoms with Crippen LogP contribution in [-0.4, -0.2) is 31.2 Å². The lowest BCUT2D eigenvalue weighted by Crippen LogP contribution is -2.05. The number of anilines is 1. The Balaban J connectivity index is 1.39. The second kappa shape index (κ2) is 7.00. The minimum Gasteiger partial charge on any atom is -0.392 e. The van der Waals surface area contributed by atoms with Crippen molar-refractivity contribution in [2.24, 2.45) is 0 Å². The number of rotatable bonds is 6. The SMILES string of the molecule is OCc1ccc(CCNc2nn3cc(-c4cccnc4)nc3s2)cc1. The molecule has 2 N–H and O–H groups in total. The zero-order valence-corrected chi connectivity index (χ0v) is 14.3. The van der Waals surface area contributed by atoms with Gasteiger partial charge in [-0.25, -0.2) is 9.50 Å². The molecule has 0 radical (unpaired) electrons. The second-order valence-electron chi connectivity index (χ2n) is 5.65. The standard InChI is InChI=1S/C18H17N5OS/c24-12-14-5-3-13(4-6-14)7-9-20-17-22-23-11-16(21-18(23)25-17)15-2-1-8-19-10-15/h1-6,8,10-11,24H,7,9,12H2,(H,20,22). The van der Waals surface area contributed by atoms with E-state index in [0.717, 1.165) is 39.9 Å². The normalized spacial score (nSPS) is 11.1. The van der Waals surface area contributed by atoms with Crippen molar-refractivity contribution in [1.29, 1.82) is 0 Å². The third kappa shape index (κ3) is 3.52. The third-order valence-electron chi connectivity index (χ3n) is 3.90. The van der Waals surface area contributed by atoms with Crippen molar-refractivity contribution in [3.63, 3.8) is 0 Å². The zero-order valence-electron chi connectivity index (χ0n) is 13.5. The first kappa shape index (κ1) is 15.7. The van der Waals surface area contributed by atoms with Gasteiger partial charge in [0.05, 0.1) is 18.5 Å². The quantitative estimate of drug-likeness (QED) is 0.558. The van der Waals surface area contributed by atoms with Crippen molar-refractivity contribution in [2.75, 3.05) is 11.9 Å². The summed E-state index contributed by atoms with van der Waals surface area (Å²) in [5, 5.41) is 17.8. The van der Waals surface area contributed by atoms with E-state index < -0.39 is 0 Å². The summed E-state index contributed by atoms with van der Waals surface area (Å²) in [7, 11) is 0. The number of nitrogens with zero attached hydrogens (tertiary/aromatic N) is 4. The molecule has 0 unspecified atom stereocenters. The van der Waals surface area contributed by atoms with E-state index >= 15 is 0 Å². The van der Waals surface area contributed by atoms with Gasteiger partial charge in [0.2, 0.25) is 10.1 Å². The van der Waals surface area contributed by atoms with E-state index in [4.69, 9.17) is 5.11 Å². The molecule has 0 saturated heterocycles. The van der Waals surface area contributed by atoms with Gasteiger partial charge in [-0.15, -0.1) is 5.10 Å². The van der Waals surface area contributed by atoms with Crippen LogP contribution in [0.5, 0.6) is 0 Å². The molecule has 0 fully saturated rings. The average Bonchev–Trinajstić information content (AvgIpc) is 3.22. The smallest absolute Gasteiger partial charge is 0.214 e. The molecule has 6 nitrogen and oxygen atoms in total. The van der Waals surface area contributed by atoms with Gasteiger partial charge in [0, 0.05) is 24.5 Å². The maximum Gasteiger partial charge on any atom is 0.214 e. The molecule has 0 bridgehead atoms. The number of aromatic nitrogens is 4. The van der Waals surface area contributed by atoms with Crippen molar-refractivity contribution in [3.8, 4) is 11.3 Å². The van der Waals surface area contributed by atoms with E-state index in [0.29, 0.717) is 0 Å². The van der Waals surface area contributed by atoms with Crippen molar-refractivity contribution in [2.45, 2.75) is 13.0 Å². The number of hydrogen-bond acceptors (Lipinski definition) is 6. The van der Waals surface area contributed by atoms with Crippen molar-refractivity contribution >= 4 is 21.4 Å². The van der Waals surface area contributed by atoms with Gasteiger partial charge in [-0.05, 0) is 29.7 Å². The second-order valence-corrected chi connectivity index (χ2v) is 6.61. The Hall–Kier alpha value is -2.77. The largest absolute Gasteiger partial charge is 0.392 e. The Morgan fingerprint density at radius 3 is 2.68 bits per heavy atom. The highest BCUT2D eigenvalue weighted by Crippen LogP contribution is 2.23. The van der Waals surface area contributed by atoms with Crippen LogP contribution in [0, 0.1) is 0 Å². The summed E-state index contributed by atoms with van der Waals surface area (Å²) >= 11 is 1.53. The average molecular weight is 351 g/mol. The summed E-state index contributed by atoms with van der Waals surface area (Å²) in [6.07, 6.45) is 6.36. The fourth-order valence-corrected chi connectivity index (χ4v) is 3.36. The Kier molecular flexibility index (Phi) is 4.41. The van der Waals surface area contributed by atoms with Crippen LogP contribution >= 0.6 is 11.3 Å². The van der Waals surface area contributed by atoms with E-state index in [1.807, 2.05) is 42.6 Å².